The maximum Gasteiger partial charge on any atom is 0.272 e. The Morgan fingerprint density at radius 3 is 2.62 bits per heavy atom. The Bertz CT molecular complexity index is 1560. The van der Waals surface area contributed by atoms with Crippen LogP contribution in [0.1, 0.15) is 26.5 Å². The first-order valence-electron chi connectivity index (χ1n) is 13.0. The molecule has 0 spiro atoms. The molecule has 1 fully saturated rings. The molecule has 6 rings (SSSR count). The zero-order chi connectivity index (χ0) is 26.9. The summed E-state index contributed by atoms with van der Waals surface area (Å²) in [5.74, 6) is 1.26. The summed E-state index contributed by atoms with van der Waals surface area (Å²) in [7, 11) is 3.23. The highest BCUT2D eigenvalue weighted by Crippen LogP contribution is 2.32. The molecule has 0 unspecified atom stereocenters. The fraction of sp³-hybridized carbons (Fsp3) is 0.300. The van der Waals surface area contributed by atoms with Gasteiger partial charge in [-0.3, -0.25) is 9.59 Å². The Balaban J connectivity index is 1.29. The number of para-hydroxylation sites is 1. The number of ether oxygens (including phenoxy) is 3. The molecule has 4 aromatic rings. The number of rotatable bonds is 6. The van der Waals surface area contributed by atoms with Crippen molar-refractivity contribution in [2.45, 2.75) is 13.1 Å². The fourth-order valence-electron chi connectivity index (χ4n) is 5.28. The van der Waals surface area contributed by atoms with Crippen LogP contribution in [0, 0.1) is 0 Å². The Morgan fingerprint density at radius 2 is 1.82 bits per heavy atom. The van der Waals surface area contributed by atoms with E-state index in [1.165, 1.54) is 0 Å². The van der Waals surface area contributed by atoms with E-state index in [1.807, 2.05) is 64.2 Å². The normalized spacial score (nSPS) is 15.4. The summed E-state index contributed by atoms with van der Waals surface area (Å²) in [5, 5.41) is 0.940. The third-order valence-corrected chi connectivity index (χ3v) is 7.42. The molecule has 39 heavy (non-hydrogen) atoms. The molecule has 0 aliphatic carbocycles. The van der Waals surface area contributed by atoms with Gasteiger partial charge in [-0.25, -0.2) is 4.98 Å². The maximum absolute atomic E-state index is 13.5. The average Bonchev–Trinajstić information content (AvgIpc) is 3.43. The molecule has 0 saturated carbocycles. The van der Waals surface area contributed by atoms with Crippen molar-refractivity contribution in [1.82, 2.24) is 19.4 Å². The molecule has 2 aliphatic heterocycles. The summed E-state index contributed by atoms with van der Waals surface area (Å²) >= 11 is 0. The van der Waals surface area contributed by atoms with Crippen LogP contribution >= 0.6 is 0 Å². The molecule has 4 heterocycles. The minimum atomic E-state index is -0.0917. The zero-order valence-electron chi connectivity index (χ0n) is 22.1. The van der Waals surface area contributed by atoms with Crippen LogP contribution in [0.5, 0.6) is 11.5 Å². The standard InChI is InChI=1S/C30H30N4O5/c1-37-23-8-6-21(27(17-23)38-2)18-34-11-10-33-19-22(16-26(33)30(34)36)24-5-3-4-20-7-9-25(31-28(20)24)29(35)32-12-14-39-15-13-32/h3-9,16-17,19H,10-15,18H2,1-2H3. The van der Waals surface area contributed by atoms with Crippen molar-refractivity contribution in [3.05, 3.63) is 77.7 Å². The SMILES string of the molecule is COc1ccc(CN2CCn3cc(-c4cccc5ccc(C(=O)N6CCOCC6)nc45)cc3C2=O)c(OC)c1. The first kappa shape index (κ1) is 24.9. The van der Waals surface area contributed by atoms with Crippen molar-refractivity contribution in [1.29, 1.82) is 0 Å². The van der Waals surface area contributed by atoms with E-state index in [1.54, 1.807) is 25.2 Å². The molecule has 9 heteroatoms. The molecule has 9 nitrogen and oxygen atoms in total. The quantitative estimate of drug-likeness (QED) is 0.380. The zero-order valence-corrected chi connectivity index (χ0v) is 22.1. The van der Waals surface area contributed by atoms with E-state index in [0.717, 1.165) is 27.6 Å². The van der Waals surface area contributed by atoms with Gasteiger partial charge in [-0.1, -0.05) is 24.3 Å². The maximum atomic E-state index is 13.5. The molecule has 0 radical (unpaired) electrons. The number of methoxy groups -OCH3 is 2. The highest BCUT2D eigenvalue weighted by atomic mass is 16.5. The van der Waals surface area contributed by atoms with Gasteiger partial charge in [-0.05, 0) is 24.3 Å². The number of fused-ring (bicyclic) bond motifs is 2. The Kier molecular flexibility index (Phi) is 6.66. The second-order valence-corrected chi connectivity index (χ2v) is 9.69. The van der Waals surface area contributed by atoms with Crippen LogP contribution in [-0.4, -0.2) is 78.2 Å². The van der Waals surface area contributed by atoms with Crippen molar-refractivity contribution in [2.24, 2.45) is 0 Å². The number of hydrogen-bond acceptors (Lipinski definition) is 6. The molecule has 2 amide bonds. The van der Waals surface area contributed by atoms with Gasteiger partial charge in [0.05, 0.1) is 33.0 Å². The first-order chi connectivity index (χ1) is 19.1. The van der Waals surface area contributed by atoms with Crippen LogP contribution in [0.25, 0.3) is 22.0 Å². The topological polar surface area (TPSA) is 86.1 Å². The van der Waals surface area contributed by atoms with E-state index in [2.05, 4.69) is 0 Å². The van der Waals surface area contributed by atoms with Gasteiger partial charge in [0.15, 0.2) is 0 Å². The molecule has 2 aromatic carbocycles. The largest absolute Gasteiger partial charge is 0.497 e. The van der Waals surface area contributed by atoms with E-state index < -0.39 is 0 Å². The van der Waals surface area contributed by atoms with Crippen molar-refractivity contribution in [2.75, 3.05) is 47.1 Å². The van der Waals surface area contributed by atoms with Crippen LogP contribution in [0.3, 0.4) is 0 Å². The molecule has 2 aliphatic rings. The van der Waals surface area contributed by atoms with Gasteiger partial charge < -0.3 is 28.6 Å². The third kappa shape index (κ3) is 4.70. The highest BCUT2D eigenvalue weighted by molar-refractivity contribution is 6.00. The molecule has 0 atom stereocenters. The van der Waals surface area contributed by atoms with Crippen molar-refractivity contribution in [3.8, 4) is 22.6 Å². The third-order valence-electron chi connectivity index (χ3n) is 7.42. The van der Waals surface area contributed by atoms with Gasteiger partial charge in [0.2, 0.25) is 0 Å². The molecule has 0 bridgehead atoms. The Hall–Kier alpha value is -4.37. The molecule has 200 valence electrons. The van der Waals surface area contributed by atoms with Gasteiger partial charge in [0.25, 0.3) is 11.8 Å². The lowest BCUT2D eigenvalue weighted by molar-refractivity contribution is 0.0299. The summed E-state index contributed by atoms with van der Waals surface area (Å²) in [6.07, 6.45) is 2.01. The van der Waals surface area contributed by atoms with Crippen LogP contribution in [0.4, 0.5) is 0 Å². The lowest BCUT2D eigenvalue weighted by Gasteiger charge is -2.29. The van der Waals surface area contributed by atoms with Gasteiger partial charge >= 0.3 is 0 Å². The molecular weight excluding hydrogens is 496 g/mol. The van der Waals surface area contributed by atoms with Crippen LogP contribution in [-0.2, 0) is 17.8 Å². The predicted molar refractivity (Wildman–Crippen MR) is 146 cm³/mol. The van der Waals surface area contributed by atoms with Crippen molar-refractivity contribution in [3.63, 3.8) is 0 Å². The van der Waals surface area contributed by atoms with E-state index >= 15 is 0 Å². The van der Waals surface area contributed by atoms with E-state index in [0.29, 0.717) is 68.8 Å². The van der Waals surface area contributed by atoms with Gasteiger partial charge in [-0.2, -0.15) is 0 Å². The number of carbonyl (C=O) groups is 2. The fourth-order valence-corrected chi connectivity index (χ4v) is 5.28. The first-order valence-corrected chi connectivity index (χ1v) is 13.0. The Morgan fingerprint density at radius 1 is 0.974 bits per heavy atom. The van der Waals surface area contributed by atoms with Crippen molar-refractivity contribution >= 4 is 22.7 Å². The lowest BCUT2D eigenvalue weighted by atomic mass is 10.0. The number of nitrogens with zero attached hydrogens (tertiary/aromatic N) is 4. The number of benzene rings is 2. The summed E-state index contributed by atoms with van der Waals surface area (Å²) in [5.41, 5.74) is 4.49. The summed E-state index contributed by atoms with van der Waals surface area (Å²) in [6.45, 7) is 3.91. The molecule has 2 aromatic heterocycles. The lowest BCUT2D eigenvalue weighted by Crippen LogP contribution is -2.41. The summed E-state index contributed by atoms with van der Waals surface area (Å²) in [4.78, 5) is 35.0. The summed E-state index contributed by atoms with van der Waals surface area (Å²) in [6, 6.07) is 17.2. The number of morpholine rings is 1. The highest BCUT2D eigenvalue weighted by Gasteiger charge is 2.27. The van der Waals surface area contributed by atoms with Gasteiger partial charge in [0, 0.05) is 67.1 Å². The monoisotopic (exact) mass is 526 g/mol. The molecular formula is C30H30N4O5. The van der Waals surface area contributed by atoms with Crippen LogP contribution in [0.15, 0.2) is 60.8 Å². The van der Waals surface area contributed by atoms with E-state index in [-0.39, 0.29) is 11.8 Å². The Labute approximate surface area is 226 Å². The van der Waals surface area contributed by atoms with Gasteiger partial charge in [-0.15, -0.1) is 0 Å². The summed E-state index contributed by atoms with van der Waals surface area (Å²) < 4.78 is 18.2. The van der Waals surface area contributed by atoms with Crippen molar-refractivity contribution < 1.29 is 23.8 Å². The average molecular weight is 527 g/mol. The number of hydrogen-bond donors (Lipinski definition) is 0. The minimum Gasteiger partial charge on any atom is -0.497 e. The van der Waals surface area contributed by atoms with E-state index in [4.69, 9.17) is 19.2 Å². The second kappa shape index (κ2) is 10.4. The van der Waals surface area contributed by atoms with Crippen LogP contribution in [0.2, 0.25) is 0 Å². The molecule has 1 saturated heterocycles. The van der Waals surface area contributed by atoms with Gasteiger partial charge in [0.1, 0.15) is 22.9 Å². The van der Waals surface area contributed by atoms with E-state index in [9.17, 15) is 9.59 Å². The second-order valence-electron chi connectivity index (χ2n) is 9.69. The van der Waals surface area contributed by atoms with Crippen LogP contribution < -0.4 is 9.47 Å². The number of amides is 2. The number of aromatic nitrogens is 2. The molecule has 0 N–H and O–H groups in total. The smallest absolute Gasteiger partial charge is 0.272 e. The number of carbonyl (C=O) groups excluding carboxylic acids is 2. The predicted octanol–water partition coefficient (Wildman–Crippen LogP) is 3.85. The minimum absolute atomic E-state index is 0.0400. The number of pyridine rings is 1.